The third-order valence-corrected chi connectivity index (χ3v) is 2.50. The van der Waals surface area contributed by atoms with Gasteiger partial charge in [0.2, 0.25) is 0 Å². The van der Waals surface area contributed by atoms with E-state index in [9.17, 15) is 0 Å². The largest absolute Gasteiger partial charge is 0.466 e. The van der Waals surface area contributed by atoms with Gasteiger partial charge in [0.05, 0.1) is 6.26 Å². The van der Waals surface area contributed by atoms with Gasteiger partial charge in [-0.25, -0.2) is 0 Å². The molecule has 0 aliphatic carbocycles. The highest BCUT2D eigenvalue weighted by molar-refractivity contribution is 5.09. The molecule has 0 spiro atoms. The van der Waals surface area contributed by atoms with Gasteiger partial charge in [-0.15, -0.1) is 0 Å². The Balaban J connectivity index is 2.93. The highest BCUT2D eigenvalue weighted by atomic mass is 16.5. The fourth-order valence-corrected chi connectivity index (χ4v) is 1.53. The van der Waals surface area contributed by atoms with Crippen LogP contribution in [0.4, 0.5) is 0 Å². The van der Waals surface area contributed by atoms with Gasteiger partial charge in [0.25, 0.3) is 0 Å². The second-order valence-corrected chi connectivity index (χ2v) is 2.88. The molecule has 1 aromatic heterocycles. The molecule has 0 unspecified atom stereocenters. The first kappa shape index (κ1) is 9.33. The summed E-state index contributed by atoms with van der Waals surface area (Å²) >= 11 is 0. The summed E-state index contributed by atoms with van der Waals surface area (Å²) in [5.41, 5.74) is -0.219. The molecular formula is C10H16O2. The molecule has 0 atom stereocenters. The Hall–Kier alpha value is -0.760. The Kier molecular flexibility index (Phi) is 2.93. The summed E-state index contributed by atoms with van der Waals surface area (Å²) < 4.78 is 10.8. The van der Waals surface area contributed by atoms with Crippen molar-refractivity contribution in [2.24, 2.45) is 0 Å². The lowest BCUT2D eigenvalue weighted by Gasteiger charge is -2.27. The molecule has 0 radical (unpaired) electrons. The number of methoxy groups -OCH3 is 1. The summed E-state index contributed by atoms with van der Waals surface area (Å²) in [6.45, 7) is 4.21. The van der Waals surface area contributed by atoms with Gasteiger partial charge in [0.15, 0.2) is 0 Å². The van der Waals surface area contributed by atoms with E-state index in [1.54, 1.807) is 13.4 Å². The van der Waals surface area contributed by atoms with Crippen LogP contribution in [0.15, 0.2) is 22.8 Å². The SMILES string of the molecule is CCC(CC)(OC)c1ccco1. The lowest BCUT2D eigenvalue weighted by atomic mass is 9.94. The maximum absolute atomic E-state index is 5.49. The van der Waals surface area contributed by atoms with Crippen molar-refractivity contribution >= 4 is 0 Å². The summed E-state index contributed by atoms with van der Waals surface area (Å²) in [6.07, 6.45) is 3.56. The summed E-state index contributed by atoms with van der Waals surface area (Å²) in [5.74, 6) is 0.926. The molecule has 0 amide bonds. The van der Waals surface area contributed by atoms with E-state index in [4.69, 9.17) is 9.15 Å². The van der Waals surface area contributed by atoms with Gasteiger partial charge in [-0.05, 0) is 25.0 Å². The zero-order valence-corrected chi connectivity index (χ0v) is 7.96. The molecule has 2 nitrogen and oxygen atoms in total. The van der Waals surface area contributed by atoms with Gasteiger partial charge in [-0.2, -0.15) is 0 Å². The third kappa shape index (κ3) is 1.39. The van der Waals surface area contributed by atoms with Crippen LogP contribution >= 0.6 is 0 Å². The molecule has 1 heterocycles. The van der Waals surface area contributed by atoms with Crippen LogP contribution in [-0.2, 0) is 10.3 Å². The van der Waals surface area contributed by atoms with Crippen molar-refractivity contribution in [3.05, 3.63) is 24.2 Å². The fourth-order valence-electron chi connectivity index (χ4n) is 1.53. The molecule has 0 aliphatic rings. The molecule has 2 heteroatoms. The van der Waals surface area contributed by atoms with E-state index < -0.39 is 0 Å². The Bertz CT molecular complexity index is 201. The molecule has 1 aromatic rings. The fraction of sp³-hybridized carbons (Fsp3) is 0.600. The molecule has 0 fully saturated rings. The Labute approximate surface area is 73.5 Å². The summed E-state index contributed by atoms with van der Waals surface area (Å²) in [5, 5.41) is 0. The van der Waals surface area contributed by atoms with Crippen LogP contribution in [0.3, 0.4) is 0 Å². The second-order valence-electron chi connectivity index (χ2n) is 2.88. The molecule has 1 rings (SSSR count). The molecule has 0 bridgehead atoms. The quantitative estimate of drug-likeness (QED) is 0.689. The smallest absolute Gasteiger partial charge is 0.135 e. The van der Waals surface area contributed by atoms with Crippen LogP contribution in [0.25, 0.3) is 0 Å². The number of hydrogen-bond acceptors (Lipinski definition) is 2. The van der Waals surface area contributed by atoms with Gasteiger partial charge < -0.3 is 9.15 Å². The van der Waals surface area contributed by atoms with E-state index in [1.807, 2.05) is 12.1 Å². The lowest BCUT2D eigenvalue weighted by Crippen LogP contribution is -2.25. The first-order valence-corrected chi connectivity index (χ1v) is 4.38. The van der Waals surface area contributed by atoms with Crippen molar-refractivity contribution in [2.75, 3.05) is 7.11 Å². The molecule has 0 saturated carbocycles. The van der Waals surface area contributed by atoms with Crippen LogP contribution in [0.5, 0.6) is 0 Å². The van der Waals surface area contributed by atoms with Crippen LogP contribution in [0.2, 0.25) is 0 Å². The molecule has 0 saturated heterocycles. The second kappa shape index (κ2) is 3.76. The minimum Gasteiger partial charge on any atom is -0.466 e. The van der Waals surface area contributed by atoms with Gasteiger partial charge >= 0.3 is 0 Å². The zero-order chi connectivity index (χ0) is 9.03. The predicted molar refractivity (Wildman–Crippen MR) is 48.0 cm³/mol. The van der Waals surface area contributed by atoms with E-state index >= 15 is 0 Å². The van der Waals surface area contributed by atoms with Crippen molar-refractivity contribution in [3.63, 3.8) is 0 Å². The number of hydrogen-bond donors (Lipinski definition) is 0. The van der Waals surface area contributed by atoms with E-state index in [-0.39, 0.29) is 5.60 Å². The Morgan fingerprint density at radius 3 is 2.42 bits per heavy atom. The maximum Gasteiger partial charge on any atom is 0.135 e. The van der Waals surface area contributed by atoms with Crippen molar-refractivity contribution in [1.82, 2.24) is 0 Å². The summed E-state index contributed by atoms with van der Waals surface area (Å²) in [7, 11) is 1.73. The van der Waals surface area contributed by atoms with Crippen LogP contribution < -0.4 is 0 Å². The minimum absolute atomic E-state index is 0.219. The monoisotopic (exact) mass is 168 g/mol. The van der Waals surface area contributed by atoms with Gasteiger partial charge in [0.1, 0.15) is 11.4 Å². The Morgan fingerprint density at radius 2 is 2.08 bits per heavy atom. The van der Waals surface area contributed by atoms with Crippen LogP contribution in [0, 0.1) is 0 Å². The molecule has 68 valence electrons. The maximum atomic E-state index is 5.49. The van der Waals surface area contributed by atoms with Crippen molar-refractivity contribution < 1.29 is 9.15 Å². The topological polar surface area (TPSA) is 22.4 Å². The molecule has 0 aliphatic heterocycles. The normalized spacial score (nSPS) is 11.9. The minimum atomic E-state index is -0.219. The van der Waals surface area contributed by atoms with E-state index in [0.29, 0.717) is 0 Å². The standard InChI is InChI=1S/C10H16O2/c1-4-10(5-2,11-3)9-7-6-8-12-9/h6-8H,4-5H2,1-3H3. The zero-order valence-electron chi connectivity index (χ0n) is 7.96. The predicted octanol–water partition coefficient (Wildman–Crippen LogP) is 2.94. The van der Waals surface area contributed by atoms with E-state index in [1.165, 1.54) is 0 Å². The first-order valence-electron chi connectivity index (χ1n) is 4.38. The van der Waals surface area contributed by atoms with Crippen molar-refractivity contribution in [1.29, 1.82) is 0 Å². The van der Waals surface area contributed by atoms with Crippen molar-refractivity contribution in [2.45, 2.75) is 32.3 Å². The lowest BCUT2D eigenvalue weighted by molar-refractivity contribution is -0.0386. The van der Waals surface area contributed by atoms with Gasteiger partial charge in [-0.1, -0.05) is 13.8 Å². The van der Waals surface area contributed by atoms with Crippen molar-refractivity contribution in [3.8, 4) is 0 Å². The Morgan fingerprint density at radius 1 is 1.42 bits per heavy atom. The molecular weight excluding hydrogens is 152 g/mol. The average Bonchev–Trinajstić information content (AvgIpc) is 2.62. The summed E-state index contributed by atoms with van der Waals surface area (Å²) in [6, 6.07) is 3.87. The number of furan rings is 1. The number of ether oxygens (including phenoxy) is 1. The van der Waals surface area contributed by atoms with Crippen LogP contribution in [-0.4, -0.2) is 7.11 Å². The molecule has 0 N–H and O–H groups in total. The van der Waals surface area contributed by atoms with Gasteiger partial charge in [-0.3, -0.25) is 0 Å². The third-order valence-electron chi connectivity index (χ3n) is 2.50. The summed E-state index contributed by atoms with van der Waals surface area (Å²) in [4.78, 5) is 0. The van der Waals surface area contributed by atoms with E-state index in [2.05, 4.69) is 13.8 Å². The highest BCUT2D eigenvalue weighted by Gasteiger charge is 2.30. The van der Waals surface area contributed by atoms with Crippen LogP contribution in [0.1, 0.15) is 32.4 Å². The molecule has 12 heavy (non-hydrogen) atoms. The highest BCUT2D eigenvalue weighted by Crippen LogP contribution is 2.32. The van der Waals surface area contributed by atoms with E-state index in [0.717, 1.165) is 18.6 Å². The average molecular weight is 168 g/mol. The number of rotatable bonds is 4. The first-order chi connectivity index (χ1) is 5.79. The van der Waals surface area contributed by atoms with Gasteiger partial charge in [0, 0.05) is 7.11 Å². The molecule has 0 aromatic carbocycles.